The van der Waals surface area contributed by atoms with Gasteiger partial charge >= 0.3 is 0 Å². The van der Waals surface area contributed by atoms with Crippen LogP contribution in [0.25, 0.3) is 16.8 Å². The fourth-order valence-corrected chi connectivity index (χ4v) is 4.47. The van der Waals surface area contributed by atoms with Crippen LogP contribution in [-0.2, 0) is 9.47 Å². The molecule has 0 atom stereocenters. The molecule has 0 aliphatic carbocycles. The van der Waals surface area contributed by atoms with Crippen LogP contribution in [0.1, 0.15) is 25.5 Å². The minimum Gasteiger partial charge on any atom is -0.378 e. The van der Waals surface area contributed by atoms with E-state index in [0.29, 0.717) is 12.0 Å². The summed E-state index contributed by atoms with van der Waals surface area (Å²) in [5, 5.41) is 4.99. The lowest BCUT2D eigenvalue weighted by Gasteiger charge is -2.40. The topological polar surface area (TPSA) is 42.8 Å². The quantitative estimate of drug-likeness (QED) is 0.580. The van der Waals surface area contributed by atoms with Gasteiger partial charge in [-0.15, -0.1) is 0 Å². The fraction of sp³-hybridized carbons (Fsp3) is 0.423. The van der Waals surface area contributed by atoms with E-state index in [1.54, 1.807) is 7.11 Å². The summed E-state index contributed by atoms with van der Waals surface area (Å²) in [6.45, 7) is 9.80. The van der Waals surface area contributed by atoms with E-state index in [0.717, 1.165) is 50.8 Å². The molecule has 6 nitrogen and oxygen atoms in total. The second-order valence-electron chi connectivity index (χ2n) is 8.96. The number of methoxy groups -OCH3 is 1. The third kappa shape index (κ3) is 4.12. The minimum absolute atomic E-state index is 0.336. The Kier molecular flexibility index (Phi) is 5.89. The number of benzene rings is 2. The Morgan fingerprint density at radius 1 is 0.938 bits per heavy atom. The third-order valence-corrected chi connectivity index (χ3v) is 6.49. The van der Waals surface area contributed by atoms with Crippen molar-refractivity contribution in [3.8, 4) is 16.8 Å². The average molecular weight is 433 g/mol. The Hall–Kier alpha value is -2.83. The van der Waals surface area contributed by atoms with Gasteiger partial charge in [0.1, 0.15) is 0 Å². The molecule has 2 aliphatic rings. The summed E-state index contributed by atoms with van der Waals surface area (Å²) in [5.74, 6) is 0.339. The Morgan fingerprint density at radius 2 is 1.66 bits per heavy atom. The summed E-state index contributed by atoms with van der Waals surface area (Å²) >= 11 is 0. The van der Waals surface area contributed by atoms with Crippen LogP contribution in [0.4, 0.5) is 11.4 Å². The van der Waals surface area contributed by atoms with E-state index >= 15 is 0 Å². The van der Waals surface area contributed by atoms with Crippen LogP contribution in [0.15, 0.2) is 54.7 Å². The molecule has 0 spiro atoms. The predicted molar refractivity (Wildman–Crippen MR) is 129 cm³/mol. The maximum atomic E-state index is 5.48. The second kappa shape index (κ2) is 8.96. The maximum absolute atomic E-state index is 5.48. The maximum Gasteiger partial charge on any atom is 0.0920 e. The van der Waals surface area contributed by atoms with Crippen LogP contribution in [-0.4, -0.2) is 62.4 Å². The van der Waals surface area contributed by atoms with Crippen LogP contribution >= 0.6 is 0 Å². The van der Waals surface area contributed by atoms with E-state index in [2.05, 4.69) is 78.4 Å². The van der Waals surface area contributed by atoms with E-state index in [1.807, 2.05) is 4.68 Å². The summed E-state index contributed by atoms with van der Waals surface area (Å²) in [6, 6.07) is 17.5. The van der Waals surface area contributed by atoms with E-state index in [9.17, 15) is 0 Å². The highest BCUT2D eigenvalue weighted by atomic mass is 16.5. The van der Waals surface area contributed by atoms with Crippen LogP contribution in [0.3, 0.4) is 0 Å². The highest BCUT2D eigenvalue weighted by molar-refractivity contribution is 5.69. The lowest BCUT2D eigenvalue weighted by atomic mass is 10.00. The van der Waals surface area contributed by atoms with Gasteiger partial charge in [0, 0.05) is 56.4 Å². The Bertz CT molecular complexity index is 1050. The van der Waals surface area contributed by atoms with Gasteiger partial charge in [-0.05, 0) is 41.8 Å². The molecule has 2 aromatic carbocycles. The smallest absolute Gasteiger partial charge is 0.0920 e. The van der Waals surface area contributed by atoms with Crippen molar-refractivity contribution in [1.82, 2.24) is 9.78 Å². The van der Waals surface area contributed by atoms with Gasteiger partial charge in [0.05, 0.1) is 30.7 Å². The fourth-order valence-electron chi connectivity index (χ4n) is 4.47. The Labute approximate surface area is 190 Å². The van der Waals surface area contributed by atoms with Crippen molar-refractivity contribution in [3.63, 3.8) is 0 Å². The lowest BCUT2D eigenvalue weighted by molar-refractivity contribution is 0.0788. The molecule has 3 heterocycles. The summed E-state index contributed by atoms with van der Waals surface area (Å²) < 4.78 is 12.9. The molecule has 2 saturated heterocycles. The standard InChI is InChI=1S/C26H32N4O2/c1-19(2)26-25(20-7-9-21(10-8-20)28-11-13-32-14-12-28)18-30(27-26)23-6-4-5-22(15-23)29-16-24(17-29)31-3/h4-10,15,18-19,24H,11-14,16-17H2,1-3H3. The Morgan fingerprint density at radius 3 is 2.34 bits per heavy atom. The van der Waals surface area contributed by atoms with Crippen molar-refractivity contribution in [2.75, 3.05) is 56.3 Å². The molecule has 6 heteroatoms. The largest absolute Gasteiger partial charge is 0.378 e. The predicted octanol–water partition coefficient (Wildman–Crippen LogP) is 4.33. The van der Waals surface area contributed by atoms with E-state index < -0.39 is 0 Å². The normalized spacial score (nSPS) is 17.1. The van der Waals surface area contributed by atoms with Gasteiger partial charge < -0.3 is 19.3 Å². The van der Waals surface area contributed by atoms with Gasteiger partial charge in [-0.1, -0.05) is 32.0 Å². The second-order valence-corrected chi connectivity index (χ2v) is 8.96. The number of ether oxygens (including phenoxy) is 2. The van der Waals surface area contributed by atoms with Gasteiger partial charge in [0.25, 0.3) is 0 Å². The number of aromatic nitrogens is 2. The van der Waals surface area contributed by atoms with Crippen molar-refractivity contribution in [2.24, 2.45) is 0 Å². The number of anilines is 2. The molecule has 2 fully saturated rings. The molecule has 32 heavy (non-hydrogen) atoms. The number of morpholine rings is 1. The highest BCUT2D eigenvalue weighted by Gasteiger charge is 2.26. The number of hydrogen-bond donors (Lipinski definition) is 0. The first-order chi connectivity index (χ1) is 15.6. The molecule has 1 aromatic heterocycles. The molecule has 168 valence electrons. The van der Waals surface area contributed by atoms with Crippen LogP contribution in [0.2, 0.25) is 0 Å². The first-order valence-corrected chi connectivity index (χ1v) is 11.5. The molecule has 0 radical (unpaired) electrons. The van der Waals surface area contributed by atoms with Crippen molar-refractivity contribution < 1.29 is 9.47 Å². The molecule has 5 rings (SSSR count). The number of hydrogen-bond acceptors (Lipinski definition) is 5. The SMILES string of the molecule is COC1CN(c2cccc(-n3cc(-c4ccc(N5CCOCC5)cc4)c(C(C)C)n3)c2)C1. The monoisotopic (exact) mass is 432 g/mol. The molecule has 0 saturated carbocycles. The van der Waals surface area contributed by atoms with Crippen LogP contribution in [0.5, 0.6) is 0 Å². The van der Waals surface area contributed by atoms with Crippen molar-refractivity contribution in [2.45, 2.75) is 25.9 Å². The molecule has 0 N–H and O–H groups in total. The zero-order valence-corrected chi connectivity index (χ0v) is 19.2. The zero-order valence-electron chi connectivity index (χ0n) is 19.2. The molecule has 3 aromatic rings. The number of nitrogens with zero attached hydrogens (tertiary/aromatic N) is 4. The van der Waals surface area contributed by atoms with Crippen molar-refractivity contribution in [3.05, 3.63) is 60.4 Å². The lowest BCUT2D eigenvalue weighted by Crippen LogP contribution is -2.51. The van der Waals surface area contributed by atoms with Crippen LogP contribution < -0.4 is 9.80 Å². The minimum atomic E-state index is 0.336. The summed E-state index contributed by atoms with van der Waals surface area (Å²) in [6.07, 6.45) is 2.51. The first kappa shape index (κ1) is 21.0. The highest BCUT2D eigenvalue weighted by Crippen LogP contribution is 2.32. The third-order valence-electron chi connectivity index (χ3n) is 6.49. The van der Waals surface area contributed by atoms with E-state index in [1.165, 1.54) is 22.5 Å². The first-order valence-electron chi connectivity index (χ1n) is 11.5. The van der Waals surface area contributed by atoms with Gasteiger partial charge in [0.15, 0.2) is 0 Å². The van der Waals surface area contributed by atoms with Gasteiger partial charge in [0.2, 0.25) is 0 Å². The van der Waals surface area contributed by atoms with Gasteiger partial charge in [-0.2, -0.15) is 5.10 Å². The van der Waals surface area contributed by atoms with E-state index in [-0.39, 0.29) is 0 Å². The summed E-state index contributed by atoms with van der Waals surface area (Å²) in [5.41, 5.74) is 7.08. The van der Waals surface area contributed by atoms with E-state index in [4.69, 9.17) is 14.6 Å². The van der Waals surface area contributed by atoms with Crippen molar-refractivity contribution in [1.29, 1.82) is 0 Å². The average Bonchev–Trinajstić information content (AvgIpc) is 3.25. The zero-order chi connectivity index (χ0) is 22.1. The number of rotatable bonds is 6. The summed E-state index contributed by atoms with van der Waals surface area (Å²) in [4.78, 5) is 4.73. The molecule has 0 unspecified atom stereocenters. The van der Waals surface area contributed by atoms with Gasteiger partial charge in [-0.3, -0.25) is 0 Å². The molecular formula is C26H32N4O2. The van der Waals surface area contributed by atoms with Crippen molar-refractivity contribution >= 4 is 11.4 Å². The molecule has 0 bridgehead atoms. The van der Waals surface area contributed by atoms with Crippen LogP contribution in [0, 0.1) is 0 Å². The molecule has 2 aliphatic heterocycles. The van der Waals surface area contributed by atoms with Gasteiger partial charge in [-0.25, -0.2) is 4.68 Å². The molecular weight excluding hydrogens is 400 g/mol. The molecule has 0 amide bonds. The summed E-state index contributed by atoms with van der Waals surface area (Å²) in [7, 11) is 1.78. The Balaban J connectivity index is 1.42.